The Balaban J connectivity index is 1.27. The lowest BCUT2D eigenvalue weighted by Crippen LogP contribution is -2.57. The average Bonchev–Trinajstić information content (AvgIpc) is 3.48. The summed E-state index contributed by atoms with van der Waals surface area (Å²) in [6.45, 7) is 4.24. The quantitative estimate of drug-likeness (QED) is 0.586. The number of ether oxygens (including phenoxy) is 1. The Morgan fingerprint density at radius 1 is 1.16 bits per heavy atom. The molecule has 9 nitrogen and oxygen atoms in total. The third-order valence-corrected chi connectivity index (χ3v) is 6.72. The van der Waals surface area contributed by atoms with E-state index in [2.05, 4.69) is 42.2 Å². The SMILES string of the molecule is Nc1nnc(N2CCC(N3CC(Cn4cccn4)OCC3Cc3ccc(Cl)cc3)CC2)[nH]1. The molecule has 10 heteroatoms. The van der Waals surface area contributed by atoms with E-state index in [-0.39, 0.29) is 6.10 Å². The summed E-state index contributed by atoms with van der Waals surface area (Å²) in [7, 11) is 0. The number of H-pyrrole nitrogens is 1. The van der Waals surface area contributed by atoms with Crippen LogP contribution in [0.4, 0.5) is 11.9 Å². The lowest BCUT2D eigenvalue weighted by atomic mass is 9.96. The third-order valence-electron chi connectivity index (χ3n) is 6.47. The van der Waals surface area contributed by atoms with Crippen molar-refractivity contribution >= 4 is 23.5 Å². The van der Waals surface area contributed by atoms with Gasteiger partial charge in [-0.15, -0.1) is 10.2 Å². The number of nitrogens with one attached hydrogen (secondary N) is 1. The topological polar surface area (TPSA) is 101 Å². The molecule has 2 fully saturated rings. The van der Waals surface area contributed by atoms with Crippen molar-refractivity contribution in [3.8, 4) is 0 Å². The van der Waals surface area contributed by atoms with Crippen LogP contribution in [0.25, 0.3) is 0 Å². The molecule has 1 aromatic carbocycles. The third kappa shape index (κ3) is 4.90. The molecule has 5 rings (SSSR count). The number of hydrogen-bond donors (Lipinski definition) is 2. The van der Waals surface area contributed by atoms with Crippen LogP contribution in [-0.4, -0.2) is 74.3 Å². The number of nitrogens with zero attached hydrogens (tertiary/aromatic N) is 6. The Morgan fingerprint density at radius 2 is 1.97 bits per heavy atom. The molecular weight excluding hydrogens is 428 g/mol. The van der Waals surface area contributed by atoms with E-state index in [9.17, 15) is 0 Å². The summed E-state index contributed by atoms with van der Waals surface area (Å²) in [5.41, 5.74) is 6.99. The number of hydrogen-bond acceptors (Lipinski definition) is 7. The zero-order valence-electron chi connectivity index (χ0n) is 18.0. The molecule has 0 aliphatic carbocycles. The number of piperidine rings is 1. The molecule has 2 aliphatic rings. The highest BCUT2D eigenvalue weighted by Gasteiger charge is 2.36. The van der Waals surface area contributed by atoms with E-state index in [0.717, 1.165) is 56.4 Å². The molecule has 0 bridgehead atoms. The van der Waals surface area contributed by atoms with Crippen LogP contribution in [0.2, 0.25) is 5.02 Å². The summed E-state index contributed by atoms with van der Waals surface area (Å²) >= 11 is 6.09. The summed E-state index contributed by atoms with van der Waals surface area (Å²) in [6.07, 6.45) is 7.01. The maximum Gasteiger partial charge on any atom is 0.226 e. The van der Waals surface area contributed by atoms with Gasteiger partial charge < -0.3 is 15.4 Å². The molecule has 2 aromatic heterocycles. The summed E-state index contributed by atoms with van der Waals surface area (Å²) in [4.78, 5) is 7.94. The minimum Gasteiger partial charge on any atom is -0.373 e. The average molecular weight is 457 g/mol. The Hall–Kier alpha value is -2.62. The van der Waals surface area contributed by atoms with Crippen LogP contribution in [0.3, 0.4) is 0 Å². The van der Waals surface area contributed by atoms with Crippen LogP contribution in [0.5, 0.6) is 0 Å². The van der Waals surface area contributed by atoms with Gasteiger partial charge in [0.25, 0.3) is 0 Å². The Labute approximate surface area is 192 Å². The van der Waals surface area contributed by atoms with Gasteiger partial charge in [0, 0.05) is 49.1 Å². The maximum atomic E-state index is 6.30. The number of morpholine rings is 1. The van der Waals surface area contributed by atoms with Gasteiger partial charge in [-0.3, -0.25) is 14.6 Å². The van der Waals surface area contributed by atoms with Gasteiger partial charge in [-0.2, -0.15) is 5.10 Å². The van der Waals surface area contributed by atoms with Gasteiger partial charge in [-0.1, -0.05) is 23.7 Å². The first-order chi connectivity index (χ1) is 15.6. The maximum absolute atomic E-state index is 6.30. The van der Waals surface area contributed by atoms with Gasteiger partial charge in [0.1, 0.15) is 0 Å². The zero-order valence-corrected chi connectivity index (χ0v) is 18.7. The number of rotatable bonds is 6. The van der Waals surface area contributed by atoms with Gasteiger partial charge in [0.15, 0.2) is 0 Å². The van der Waals surface area contributed by atoms with Gasteiger partial charge in [0.05, 0.1) is 19.3 Å². The molecule has 4 heterocycles. The van der Waals surface area contributed by atoms with Crippen molar-refractivity contribution in [2.24, 2.45) is 0 Å². The van der Waals surface area contributed by atoms with E-state index in [0.29, 0.717) is 24.6 Å². The normalized spacial score (nSPS) is 23.0. The van der Waals surface area contributed by atoms with E-state index in [1.54, 1.807) is 0 Å². The minimum absolute atomic E-state index is 0.128. The Bertz CT molecular complexity index is 984. The summed E-state index contributed by atoms with van der Waals surface area (Å²) in [5.74, 6) is 1.12. The van der Waals surface area contributed by atoms with Gasteiger partial charge in [0.2, 0.25) is 11.9 Å². The Kier molecular flexibility index (Phi) is 6.29. The number of nitrogens with two attached hydrogens (primary N) is 1. The highest BCUT2D eigenvalue weighted by Crippen LogP contribution is 2.27. The van der Waals surface area contributed by atoms with Gasteiger partial charge >= 0.3 is 0 Å². The largest absolute Gasteiger partial charge is 0.373 e. The van der Waals surface area contributed by atoms with Crippen molar-refractivity contribution in [2.45, 2.75) is 44.0 Å². The van der Waals surface area contributed by atoms with Crippen molar-refractivity contribution in [3.05, 3.63) is 53.3 Å². The van der Waals surface area contributed by atoms with E-state index in [4.69, 9.17) is 22.1 Å². The molecule has 32 heavy (non-hydrogen) atoms. The number of benzene rings is 1. The van der Waals surface area contributed by atoms with Crippen LogP contribution in [0, 0.1) is 0 Å². The second-order valence-corrected chi connectivity index (χ2v) is 9.05. The van der Waals surface area contributed by atoms with E-state index < -0.39 is 0 Å². The fraction of sp³-hybridized carbons (Fsp3) is 0.500. The number of aromatic amines is 1. The lowest BCUT2D eigenvalue weighted by molar-refractivity contribution is -0.0883. The Morgan fingerprint density at radius 3 is 2.66 bits per heavy atom. The molecule has 3 N–H and O–H groups in total. The van der Waals surface area contributed by atoms with Crippen molar-refractivity contribution < 1.29 is 4.74 Å². The fourth-order valence-electron chi connectivity index (χ4n) is 4.84. The molecule has 0 amide bonds. The summed E-state index contributed by atoms with van der Waals surface area (Å²) < 4.78 is 8.26. The van der Waals surface area contributed by atoms with Crippen LogP contribution in [0.1, 0.15) is 18.4 Å². The first-order valence-corrected chi connectivity index (χ1v) is 11.5. The predicted octanol–water partition coefficient (Wildman–Crippen LogP) is 2.22. The molecule has 170 valence electrons. The van der Waals surface area contributed by atoms with Gasteiger partial charge in [-0.25, -0.2) is 0 Å². The summed E-state index contributed by atoms with van der Waals surface area (Å²) in [6, 6.07) is 11.0. The monoisotopic (exact) mass is 456 g/mol. The van der Waals surface area contributed by atoms with Crippen molar-refractivity contribution in [1.29, 1.82) is 0 Å². The molecule has 2 atom stereocenters. The molecule has 0 saturated carbocycles. The number of aromatic nitrogens is 5. The van der Waals surface area contributed by atoms with Crippen molar-refractivity contribution in [3.63, 3.8) is 0 Å². The molecule has 0 radical (unpaired) electrons. The summed E-state index contributed by atoms with van der Waals surface area (Å²) in [5, 5.41) is 13.2. The molecule has 0 spiro atoms. The number of halogens is 1. The highest BCUT2D eigenvalue weighted by molar-refractivity contribution is 6.30. The van der Waals surface area contributed by atoms with E-state index in [1.165, 1.54) is 5.56 Å². The molecule has 3 aromatic rings. The van der Waals surface area contributed by atoms with E-state index in [1.807, 2.05) is 35.3 Å². The van der Waals surface area contributed by atoms with Crippen LogP contribution in [0.15, 0.2) is 42.7 Å². The molecule has 2 saturated heterocycles. The number of anilines is 2. The smallest absolute Gasteiger partial charge is 0.226 e. The molecular formula is C22H29ClN8O. The van der Waals surface area contributed by atoms with Crippen LogP contribution >= 0.6 is 11.6 Å². The second kappa shape index (κ2) is 9.48. The lowest BCUT2D eigenvalue weighted by Gasteiger charge is -2.46. The molecule has 2 unspecified atom stereocenters. The van der Waals surface area contributed by atoms with Crippen molar-refractivity contribution in [1.82, 2.24) is 29.9 Å². The van der Waals surface area contributed by atoms with Crippen LogP contribution in [-0.2, 0) is 17.7 Å². The van der Waals surface area contributed by atoms with E-state index >= 15 is 0 Å². The second-order valence-electron chi connectivity index (χ2n) is 8.62. The predicted molar refractivity (Wildman–Crippen MR) is 124 cm³/mol. The zero-order chi connectivity index (χ0) is 21.9. The minimum atomic E-state index is 0.128. The van der Waals surface area contributed by atoms with Crippen molar-refractivity contribution in [2.75, 3.05) is 36.9 Å². The van der Waals surface area contributed by atoms with Crippen LogP contribution < -0.4 is 10.6 Å². The molecule has 2 aliphatic heterocycles. The first kappa shape index (κ1) is 21.2. The van der Waals surface area contributed by atoms with Gasteiger partial charge in [-0.05, 0) is 43.0 Å². The number of nitrogen functional groups attached to an aromatic ring is 1. The standard InChI is InChI=1S/C22H29ClN8O/c23-17-4-2-16(3-5-17)12-19-15-32-20(13-30-9-1-8-25-30)14-31(19)18-6-10-29(11-7-18)22-26-21(24)27-28-22/h1-5,8-9,18-20H,6-7,10-15H2,(H3,24,26,27,28). The first-order valence-electron chi connectivity index (χ1n) is 11.2. The fourth-order valence-corrected chi connectivity index (χ4v) is 4.97. The highest BCUT2D eigenvalue weighted by atomic mass is 35.5.